The van der Waals surface area contributed by atoms with Crippen LogP contribution < -0.4 is 4.74 Å². The van der Waals surface area contributed by atoms with Gasteiger partial charge >= 0.3 is 5.97 Å². The summed E-state index contributed by atoms with van der Waals surface area (Å²) in [5, 5.41) is 20.4. The van der Waals surface area contributed by atoms with Gasteiger partial charge in [0.15, 0.2) is 0 Å². The average Bonchev–Trinajstić information content (AvgIpc) is 2.53. The minimum absolute atomic E-state index is 0.154. The van der Waals surface area contributed by atoms with Crippen molar-refractivity contribution in [3.63, 3.8) is 0 Å². The second-order valence-electron chi connectivity index (χ2n) is 5.20. The van der Waals surface area contributed by atoms with Gasteiger partial charge in [-0.05, 0) is 42.3 Å². The highest BCUT2D eigenvalue weighted by molar-refractivity contribution is 5.66. The minimum atomic E-state index is -1.33. The molecule has 2 aromatic rings. The van der Waals surface area contributed by atoms with Gasteiger partial charge in [0.2, 0.25) is 0 Å². The number of rotatable bonds is 6. The largest absolute Gasteiger partial charge is 0.507 e. The van der Waals surface area contributed by atoms with E-state index in [2.05, 4.69) is 0 Å². The minimum Gasteiger partial charge on any atom is -0.507 e. The number of ether oxygens (including phenoxy) is 2. The molecule has 5 nitrogen and oxygen atoms in total. The molecular formula is C18H19FO5. The molecule has 0 amide bonds. The smallest absolute Gasteiger partial charge is 0.302 e. The van der Waals surface area contributed by atoms with Crippen LogP contribution in [0.2, 0.25) is 0 Å². The van der Waals surface area contributed by atoms with Gasteiger partial charge in [0, 0.05) is 6.92 Å². The molecule has 2 rings (SSSR count). The first-order valence-corrected chi connectivity index (χ1v) is 7.47. The standard InChI is InChI=1S/C18H19FO5/c1-3-23-14-6-4-13(5-7-14)18(22)17-15(19)8-12(9-16(17)21)10-24-11(2)20/h4-9,18,21-22H,3,10H2,1-2H3. The Balaban J connectivity index is 2.25. The Morgan fingerprint density at radius 2 is 1.92 bits per heavy atom. The summed E-state index contributed by atoms with van der Waals surface area (Å²) in [6, 6.07) is 8.90. The Bertz CT molecular complexity index is 689. The number of aliphatic hydroxyl groups excluding tert-OH is 1. The average molecular weight is 334 g/mol. The highest BCUT2D eigenvalue weighted by Crippen LogP contribution is 2.33. The van der Waals surface area contributed by atoms with Crippen LogP contribution in [0.25, 0.3) is 0 Å². The van der Waals surface area contributed by atoms with Gasteiger partial charge in [-0.25, -0.2) is 4.39 Å². The third-order valence-electron chi connectivity index (χ3n) is 3.39. The van der Waals surface area contributed by atoms with Gasteiger partial charge in [0.25, 0.3) is 0 Å². The Labute approximate surface area is 139 Å². The first-order valence-electron chi connectivity index (χ1n) is 7.47. The molecule has 0 aliphatic rings. The molecule has 0 heterocycles. The fraction of sp³-hybridized carbons (Fsp3) is 0.278. The van der Waals surface area contributed by atoms with Crippen LogP contribution >= 0.6 is 0 Å². The number of aliphatic hydroxyl groups is 1. The summed E-state index contributed by atoms with van der Waals surface area (Å²) >= 11 is 0. The van der Waals surface area contributed by atoms with E-state index in [1.165, 1.54) is 13.0 Å². The summed E-state index contributed by atoms with van der Waals surface area (Å²) in [4.78, 5) is 10.8. The van der Waals surface area contributed by atoms with Gasteiger partial charge in [-0.3, -0.25) is 4.79 Å². The molecule has 0 spiro atoms. The van der Waals surface area contributed by atoms with Crippen LogP contribution in [0.5, 0.6) is 11.5 Å². The molecule has 24 heavy (non-hydrogen) atoms. The van der Waals surface area contributed by atoms with Gasteiger partial charge < -0.3 is 19.7 Å². The molecule has 2 aromatic carbocycles. The van der Waals surface area contributed by atoms with Gasteiger partial charge in [-0.2, -0.15) is 0 Å². The summed E-state index contributed by atoms with van der Waals surface area (Å²) in [6.45, 7) is 3.45. The maximum Gasteiger partial charge on any atom is 0.302 e. The van der Waals surface area contributed by atoms with E-state index < -0.39 is 23.6 Å². The van der Waals surface area contributed by atoms with Crippen LogP contribution in [-0.4, -0.2) is 22.8 Å². The second kappa shape index (κ2) is 7.79. The van der Waals surface area contributed by atoms with Crippen LogP contribution in [0, 0.1) is 5.82 Å². The van der Waals surface area contributed by atoms with Crippen molar-refractivity contribution in [2.75, 3.05) is 6.61 Å². The van der Waals surface area contributed by atoms with Crippen LogP contribution in [-0.2, 0) is 16.1 Å². The molecule has 0 bridgehead atoms. The number of hydrogen-bond donors (Lipinski definition) is 2. The quantitative estimate of drug-likeness (QED) is 0.794. The molecule has 0 aliphatic carbocycles. The molecule has 128 valence electrons. The van der Waals surface area contributed by atoms with Crippen molar-refractivity contribution in [1.82, 2.24) is 0 Å². The molecule has 0 aliphatic heterocycles. The van der Waals surface area contributed by atoms with E-state index in [4.69, 9.17) is 9.47 Å². The SMILES string of the molecule is CCOc1ccc(C(O)c2c(O)cc(COC(C)=O)cc2F)cc1. The van der Waals surface area contributed by atoms with Crippen LogP contribution in [0.3, 0.4) is 0 Å². The van der Waals surface area contributed by atoms with Gasteiger partial charge in [-0.1, -0.05) is 12.1 Å². The number of phenolic OH excluding ortho intramolecular Hbond substituents is 1. The number of esters is 1. The summed E-state index contributed by atoms with van der Waals surface area (Å²) in [7, 11) is 0. The Kier molecular flexibility index (Phi) is 5.76. The fourth-order valence-electron chi connectivity index (χ4n) is 2.28. The van der Waals surface area contributed by atoms with E-state index in [9.17, 15) is 19.4 Å². The van der Waals surface area contributed by atoms with Gasteiger partial charge in [-0.15, -0.1) is 0 Å². The van der Waals surface area contributed by atoms with Crippen molar-refractivity contribution in [3.05, 3.63) is 58.9 Å². The number of hydrogen-bond acceptors (Lipinski definition) is 5. The molecule has 1 atom stereocenters. The molecule has 0 saturated heterocycles. The summed E-state index contributed by atoms with van der Waals surface area (Å²) in [5.41, 5.74) is 0.481. The molecule has 0 radical (unpaired) electrons. The molecule has 0 fully saturated rings. The number of aromatic hydroxyl groups is 1. The molecule has 0 aromatic heterocycles. The number of carbonyl (C=O) groups is 1. The van der Waals surface area contributed by atoms with Crippen molar-refractivity contribution in [1.29, 1.82) is 0 Å². The van der Waals surface area contributed by atoms with Crippen molar-refractivity contribution in [2.24, 2.45) is 0 Å². The van der Waals surface area contributed by atoms with Gasteiger partial charge in [0.1, 0.15) is 30.0 Å². The van der Waals surface area contributed by atoms with E-state index in [1.807, 2.05) is 6.92 Å². The molecule has 1 unspecified atom stereocenters. The van der Waals surface area contributed by atoms with E-state index in [0.29, 0.717) is 23.5 Å². The molecular weight excluding hydrogens is 315 g/mol. The number of halogens is 1. The Hall–Kier alpha value is -2.60. The predicted octanol–water partition coefficient (Wildman–Crippen LogP) is 3.07. The summed E-state index contributed by atoms with van der Waals surface area (Å²) < 4.78 is 24.4. The topological polar surface area (TPSA) is 76.0 Å². The monoisotopic (exact) mass is 334 g/mol. The zero-order valence-corrected chi connectivity index (χ0v) is 13.5. The highest BCUT2D eigenvalue weighted by atomic mass is 19.1. The van der Waals surface area contributed by atoms with Crippen LogP contribution in [0.1, 0.15) is 36.6 Å². The number of benzene rings is 2. The predicted molar refractivity (Wildman–Crippen MR) is 85.2 cm³/mol. The maximum absolute atomic E-state index is 14.3. The first-order chi connectivity index (χ1) is 11.4. The van der Waals surface area contributed by atoms with Gasteiger partial charge in [0.05, 0.1) is 12.2 Å². The van der Waals surface area contributed by atoms with E-state index in [0.717, 1.165) is 6.07 Å². The molecule has 2 N–H and O–H groups in total. The first kappa shape index (κ1) is 17.7. The van der Waals surface area contributed by atoms with Crippen LogP contribution in [0.4, 0.5) is 4.39 Å². The third-order valence-corrected chi connectivity index (χ3v) is 3.39. The second-order valence-corrected chi connectivity index (χ2v) is 5.20. The Morgan fingerprint density at radius 3 is 2.46 bits per heavy atom. The zero-order chi connectivity index (χ0) is 17.7. The van der Waals surface area contributed by atoms with Crippen molar-refractivity contribution < 1.29 is 28.9 Å². The molecule has 0 saturated carbocycles. The zero-order valence-electron chi connectivity index (χ0n) is 13.5. The van der Waals surface area contributed by atoms with Crippen molar-refractivity contribution >= 4 is 5.97 Å². The third kappa shape index (κ3) is 4.23. The van der Waals surface area contributed by atoms with Crippen molar-refractivity contribution in [2.45, 2.75) is 26.6 Å². The fourth-order valence-corrected chi connectivity index (χ4v) is 2.28. The lowest BCUT2D eigenvalue weighted by molar-refractivity contribution is -0.142. The summed E-state index contributed by atoms with van der Waals surface area (Å²) in [5.74, 6) is -1.06. The van der Waals surface area contributed by atoms with E-state index in [-0.39, 0.29) is 12.2 Å². The molecule has 6 heteroatoms. The van der Waals surface area contributed by atoms with Crippen LogP contribution in [0.15, 0.2) is 36.4 Å². The highest BCUT2D eigenvalue weighted by Gasteiger charge is 2.20. The summed E-state index contributed by atoms with van der Waals surface area (Å²) in [6.07, 6.45) is -1.33. The lowest BCUT2D eigenvalue weighted by atomic mass is 9.98. The van der Waals surface area contributed by atoms with E-state index in [1.54, 1.807) is 24.3 Å². The van der Waals surface area contributed by atoms with E-state index >= 15 is 0 Å². The number of phenols is 1. The Morgan fingerprint density at radius 1 is 1.25 bits per heavy atom. The van der Waals surface area contributed by atoms with Crippen molar-refractivity contribution in [3.8, 4) is 11.5 Å². The lowest BCUT2D eigenvalue weighted by Gasteiger charge is -2.16. The lowest BCUT2D eigenvalue weighted by Crippen LogP contribution is -2.05. The maximum atomic E-state index is 14.3. The number of carbonyl (C=O) groups excluding carboxylic acids is 1. The normalized spacial score (nSPS) is 11.8.